The zero-order chi connectivity index (χ0) is 15.1. The zero-order valence-corrected chi connectivity index (χ0v) is 12.8. The van der Waals surface area contributed by atoms with E-state index in [1.54, 1.807) is 25.4 Å². The van der Waals surface area contributed by atoms with Gasteiger partial charge in [0.15, 0.2) is 0 Å². The van der Waals surface area contributed by atoms with Crippen LogP contribution in [0.5, 0.6) is 5.88 Å². The van der Waals surface area contributed by atoms with Crippen LogP contribution in [0.3, 0.4) is 0 Å². The Kier molecular flexibility index (Phi) is 5.80. The summed E-state index contributed by atoms with van der Waals surface area (Å²) in [4.78, 5) is 18.5. The number of aromatic nitrogens is 1. The van der Waals surface area contributed by atoms with Crippen LogP contribution in [0.1, 0.15) is 26.2 Å². The highest BCUT2D eigenvalue weighted by atomic mass is 16.5. The number of pyridine rings is 1. The molecule has 1 aromatic rings. The molecule has 0 aliphatic carbocycles. The van der Waals surface area contributed by atoms with Crippen molar-refractivity contribution in [2.24, 2.45) is 0 Å². The molecule has 1 aromatic heterocycles. The monoisotopic (exact) mass is 292 g/mol. The Hall–Kier alpha value is -1.82. The number of hydrogen-bond acceptors (Lipinski definition) is 4. The molecular formula is C15H24N4O2. The minimum atomic E-state index is -0.187. The highest BCUT2D eigenvalue weighted by Crippen LogP contribution is 2.11. The molecule has 1 aliphatic heterocycles. The van der Waals surface area contributed by atoms with Gasteiger partial charge in [0.1, 0.15) is 0 Å². The van der Waals surface area contributed by atoms with Gasteiger partial charge in [0.25, 0.3) is 0 Å². The summed E-state index contributed by atoms with van der Waals surface area (Å²) in [6, 6.07) is 3.48. The smallest absolute Gasteiger partial charge is 0.319 e. The van der Waals surface area contributed by atoms with E-state index in [1.165, 1.54) is 12.8 Å². The number of carbonyl (C=O) groups excluding carboxylic acids is 1. The average Bonchev–Trinajstić information content (AvgIpc) is 3.00. The maximum atomic E-state index is 12.0. The van der Waals surface area contributed by atoms with E-state index in [-0.39, 0.29) is 12.1 Å². The van der Waals surface area contributed by atoms with Crippen molar-refractivity contribution < 1.29 is 9.53 Å². The Morgan fingerprint density at radius 1 is 1.43 bits per heavy atom. The van der Waals surface area contributed by atoms with Gasteiger partial charge in [-0.1, -0.05) is 6.92 Å². The van der Waals surface area contributed by atoms with Gasteiger partial charge in [0, 0.05) is 18.7 Å². The van der Waals surface area contributed by atoms with Crippen LogP contribution in [0.15, 0.2) is 18.3 Å². The minimum Gasteiger partial charge on any atom is -0.481 e. The number of hydrogen-bond donors (Lipinski definition) is 2. The predicted octanol–water partition coefficient (Wildman–Crippen LogP) is 2.09. The number of ether oxygens (including phenoxy) is 1. The number of likely N-dealkylation sites (tertiary alicyclic amines) is 1. The summed E-state index contributed by atoms with van der Waals surface area (Å²) >= 11 is 0. The highest BCUT2D eigenvalue weighted by Gasteiger charge is 2.17. The van der Waals surface area contributed by atoms with E-state index in [9.17, 15) is 4.79 Å². The summed E-state index contributed by atoms with van der Waals surface area (Å²) in [6.07, 6.45) is 5.03. The van der Waals surface area contributed by atoms with Crippen molar-refractivity contribution in [3.8, 4) is 5.88 Å². The third-order valence-electron chi connectivity index (χ3n) is 3.71. The first kappa shape index (κ1) is 15.6. The number of nitrogens with one attached hydrogen (secondary N) is 2. The SMILES string of the molecule is CC[C@H](CN1CCCC1)NC(=O)Nc1ccc(OC)nc1. The molecule has 21 heavy (non-hydrogen) atoms. The summed E-state index contributed by atoms with van der Waals surface area (Å²) in [5.74, 6) is 0.529. The minimum absolute atomic E-state index is 0.175. The molecule has 0 spiro atoms. The Labute approximate surface area is 125 Å². The summed E-state index contributed by atoms with van der Waals surface area (Å²) in [7, 11) is 1.56. The van der Waals surface area contributed by atoms with Gasteiger partial charge in [0.2, 0.25) is 5.88 Å². The second-order valence-corrected chi connectivity index (χ2v) is 5.30. The first-order valence-corrected chi connectivity index (χ1v) is 7.51. The number of amides is 2. The van der Waals surface area contributed by atoms with Crippen LogP contribution in [0.2, 0.25) is 0 Å². The molecule has 2 N–H and O–H groups in total. The molecular weight excluding hydrogens is 268 g/mol. The van der Waals surface area contributed by atoms with E-state index in [2.05, 4.69) is 27.4 Å². The molecule has 6 nitrogen and oxygen atoms in total. The van der Waals surface area contributed by atoms with Crippen LogP contribution in [-0.4, -0.2) is 48.7 Å². The van der Waals surface area contributed by atoms with Crippen LogP contribution >= 0.6 is 0 Å². The largest absolute Gasteiger partial charge is 0.481 e. The third-order valence-corrected chi connectivity index (χ3v) is 3.71. The number of nitrogens with zero attached hydrogens (tertiary/aromatic N) is 2. The van der Waals surface area contributed by atoms with Gasteiger partial charge in [-0.25, -0.2) is 9.78 Å². The summed E-state index contributed by atoms with van der Waals surface area (Å²) in [5, 5.41) is 5.82. The number of urea groups is 1. The molecule has 1 saturated heterocycles. The molecule has 6 heteroatoms. The molecule has 2 heterocycles. The van der Waals surface area contributed by atoms with Crippen molar-refractivity contribution in [2.45, 2.75) is 32.2 Å². The Balaban J connectivity index is 1.80. The van der Waals surface area contributed by atoms with Crippen LogP contribution in [0, 0.1) is 0 Å². The lowest BCUT2D eigenvalue weighted by molar-refractivity contribution is 0.239. The lowest BCUT2D eigenvalue weighted by Gasteiger charge is -2.23. The summed E-state index contributed by atoms with van der Waals surface area (Å²) < 4.78 is 4.99. The number of anilines is 1. The number of rotatable bonds is 6. The van der Waals surface area contributed by atoms with Gasteiger partial charge in [0.05, 0.1) is 19.0 Å². The molecule has 2 amide bonds. The maximum Gasteiger partial charge on any atom is 0.319 e. The Morgan fingerprint density at radius 2 is 2.19 bits per heavy atom. The fraction of sp³-hybridized carbons (Fsp3) is 0.600. The lowest BCUT2D eigenvalue weighted by atomic mass is 10.2. The summed E-state index contributed by atoms with van der Waals surface area (Å²) in [5.41, 5.74) is 0.657. The molecule has 1 aliphatic rings. The van der Waals surface area contributed by atoms with E-state index in [4.69, 9.17) is 4.74 Å². The highest BCUT2D eigenvalue weighted by molar-refractivity contribution is 5.89. The van der Waals surface area contributed by atoms with E-state index in [1.807, 2.05) is 0 Å². The van der Waals surface area contributed by atoms with Gasteiger partial charge in [-0.3, -0.25) is 0 Å². The second-order valence-electron chi connectivity index (χ2n) is 5.30. The molecule has 2 rings (SSSR count). The lowest BCUT2D eigenvalue weighted by Crippen LogP contribution is -2.44. The zero-order valence-electron chi connectivity index (χ0n) is 12.8. The van der Waals surface area contributed by atoms with E-state index in [0.717, 1.165) is 26.1 Å². The first-order valence-electron chi connectivity index (χ1n) is 7.51. The van der Waals surface area contributed by atoms with E-state index >= 15 is 0 Å². The molecule has 0 radical (unpaired) electrons. The molecule has 1 atom stereocenters. The maximum absolute atomic E-state index is 12.0. The van der Waals surface area contributed by atoms with Gasteiger partial charge in [-0.2, -0.15) is 0 Å². The molecule has 116 valence electrons. The first-order chi connectivity index (χ1) is 10.2. The van der Waals surface area contributed by atoms with Crippen molar-refractivity contribution in [1.29, 1.82) is 0 Å². The Bertz CT molecular complexity index is 443. The average molecular weight is 292 g/mol. The van der Waals surface area contributed by atoms with Crippen LogP contribution in [-0.2, 0) is 0 Å². The van der Waals surface area contributed by atoms with Gasteiger partial charge in [-0.15, -0.1) is 0 Å². The van der Waals surface area contributed by atoms with Gasteiger partial charge in [-0.05, 0) is 38.4 Å². The normalized spacial score (nSPS) is 16.5. The molecule has 0 saturated carbocycles. The van der Waals surface area contributed by atoms with Crippen molar-refractivity contribution in [3.63, 3.8) is 0 Å². The molecule has 0 unspecified atom stereocenters. The predicted molar refractivity (Wildman–Crippen MR) is 82.7 cm³/mol. The summed E-state index contributed by atoms with van der Waals surface area (Å²) in [6.45, 7) is 5.30. The van der Waals surface area contributed by atoms with Crippen molar-refractivity contribution >= 4 is 11.7 Å². The fourth-order valence-corrected chi connectivity index (χ4v) is 2.48. The molecule has 0 bridgehead atoms. The van der Waals surface area contributed by atoms with Crippen molar-refractivity contribution in [2.75, 3.05) is 32.1 Å². The fourth-order valence-electron chi connectivity index (χ4n) is 2.48. The number of carbonyl (C=O) groups is 1. The van der Waals surface area contributed by atoms with Gasteiger partial charge >= 0.3 is 6.03 Å². The van der Waals surface area contributed by atoms with Crippen molar-refractivity contribution in [3.05, 3.63) is 18.3 Å². The molecule has 1 fully saturated rings. The Morgan fingerprint density at radius 3 is 2.76 bits per heavy atom. The van der Waals surface area contributed by atoms with Crippen LogP contribution in [0.25, 0.3) is 0 Å². The third kappa shape index (κ3) is 4.90. The second kappa shape index (κ2) is 7.83. The standard InChI is InChI=1S/C15H24N4O2/c1-3-12(11-19-8-4-5-9-19)17-15(20)18-13-6-7-14(21-2)16-10-13/h6-7,10,12H,3-5,8-9,11H2,1-2H3,(H2,17,18,20)/t12-/m1/s1. The van der Waals surface area contributed by atoms with Crippen molar-refractivity contribution in [1.82, 2.24) is 15.2 Å². The topological polar surface area (TPSA) is 66.5 Å². The van der Waals surface area contributed by atoms with E-state index < -0.39 is 0 Å². The quantitative estimate of drug-likeness (QED) is 0.842. The van der Waals surface area contributed by atoms with Crippen LogP contribution < -0.4 is 15.4 Å². The molecule has 0 aromatic carbocycles. The van der Waals surface area contributed by atoms with Gasteiger partial charge < -0.3 is 20.3 Å². The van der Waals surface area contributed by atoms with Crippen LogP contribution in [0.4, 0.5) is 10.5 Å². The van der Waals surface area contributed by atoms with E-state index in [0.29, 0.717) is 11.6 Å². The number of methoxy groups -OCH3 is 1.